The van der Waals surface area contributed by atoms with Crippen LogP contribution in [-0.4, -0.2) is 42.0 Å². The first kappa shape index (κ1) is 19.6. The predicted octanol–water partition coefficient (Wildman–Crippen LogP) is 3.18. The van der Waals surface area contributed by atoms with Crippen LogP contribution in [0.4, 0.5) is 5.69 Å². The second kappa shape index (κ2) is 8.22. The number of sulfonamides is 1. The van der Waals surface area contributed by atoms with E-state index in [0.29, 0.717) is 43.1 Å². The Morgan fingerprint density at radius 2 is 2.07 bits per heavy atom. The molecule has 1 saturated heterocycles. The molecule has 1 aliphatic rings. The standard InChI is InChI=1S/C19H25N3O4S/c1-3-4-12-27(24,25)22-11-5-6-17(22)19(23)21-16-9-7-15(8-10-16)18-13-20-14(2)26-18/h7-10,13,17H,3-6,11-12H2,1-2H3,(H,21,23)/t17-/m0/s1. The fraction of sp³-hybridized carbons (Fsp3) is 0.474. The van der Waals surface area contributed by atoms with Crippen molar-refractivity contribution >= 4 is 21.6 Å². The fourth-order valence-electron chi connectivity index (χ4n) is 3.22. The highest BCUT2D eigenvalue weighted by Gasteiger charge is 2.38. The molecule has 2 heterocycles. The number of unbranched alkanes of at least 4 members (excludes halogenated alkanes) is 1. The zero-order valence-corrected chi connectivity index (χ0v) is 16.5. The number of aromatic nitrogens is 1. The maximum Gasteiger partial charge on any atom is 0.242 e. The third-order valence-corrected chi connectivity index (χ3v) is 6.63. The summed E-state index contributed by atoms with van der Waals surface area (Å²) in [4.78, 5) is 16.7. The van der Waals surface area contributed by atoms with E-state index in [1.165, 1.54) is 4.31 Å². The van der Waals surface area contributed by atoms with E-state index in [1.54, 1.807) is 25.3 Å². The molecule has 1 amide bonds. The first-order chi connectivity index (χ1) is 12.9. The topological polar surface area (TPSA) is 92.5 Å². The van der Waals surface area contributed by atoms with Crippen LogP contribution in [0.5, 0.6) is 0 Å². The Bertz CT molecular complexity index is 890. The van der Waals surface area contributed by atoms with Crippen LogP contribution in [0.25, 0.3) is 11.3 Å². The molecule has 0 radical (unpaired) electrons. The van der Waals surface area contributed by atoms with Gasteiger partial charge in [-0.3, -0.25) is 4.79 Å². The fourth-order valence-corrected chi connectivity index (χ4v) is 5.10. The molecule has 0 bridgehead atoms. The van der Waals surface area contributed by atoms with Crippen LogP contribution in [0.3, 0.4) is 0 Å². The van der Waals surface area contributed by atoms with Gasteiger partial charge in [-0.15, -0.1) is 0 Å². The Morgan fingerprint density at radius 3 is 2.70 bits per heavy atom. The van der Waals surface area contributed by atoms with Crippen molar-refractivity contribution in [1.82, 2.24) is 9.29 Å². The summed E-state index contributed by atoms with van der Waals surface area (Å²) in [7, 11) is -3.40. The van der Waals surface area contributed by atoms with E-state index in [0.717, 1.165) is 12.0 Å². The number of amides is 1. The minimum absolute atomic E-state index is 0.0958. The molecule has 0 spiro atoms. The molecule has 1 N–H and O–H groups in total. The lowest BCUT2D eigenvalue weighted by molar-refractivity contribution is -0.119. The predicted molar refractivity (Wildman–Crippen MR) is 104 cm³/mol. The van der Waals surface area contributed by atoms with Crippen molar-refractivity contribution in [2.75, 3.05) is 17.6 Å². The van der Waals surface area contributed by atoms with Crippen LogP contribution in [0.1, 0.15) is 38.5 Å². The maximum atomic E-state index is 12.7. The van der Waals surface area contributed by atoms with Gasteiger partial charge in [0.25, 0.3) is 0 Å². The highest BCUT2D eigenvalue weighted by molar-refractivity contribution is 7.89. The monoisotopic (exact) mass is 391 g/mol. The normalized spacial score (nSPS) is 17.9. The SMILES string of the molecule is CCCCS(=O)(=O)N1CCC[C@H]1C(=O)Nc1ccc(-c2cnc(C)o2)cc1. The van der Waals surface area contributed by atoms with Crippen LogP contribution in [0.2, 0.25) is 0 Å². The number of benzene rings is 1. The molecule has 1 atom stereocenters. The third-order valence-electron chi connectivity index (χ3n) is 4.68. The van der Waals surface area contributed by atoms with Gasteiger partial charge in [0.2, 0.25) is 15.9 Å². The van der Waals surface area contributed by atoms with Crippen molar-refractivity contribution in [2.24, 2.45) is 0 Å². The van der Waals surface area contributed by atoms with Gasteiger partial charge in [-0.1, -0.05) is 13.3 Å². The molecular weight excluding hydrogens is 366 g/mol. The summed E-state index contributed by atoms with van der Waals surface area (Å²) in [6, 6.07) is 6.58. The number of aryl methyl sites for hydroxylation is 1. The molecule has 146 valence electrons. The van der Waals surface area contributed by atoms with Gasteiger partial charge in [-0.05, 0) is 43.5 Å². The van der Waals surface area contributed by atoms with Crippen LogP contribution in [0.15, 0.2) is 34.9 Å². The summed E-state index contributed by atoms with van der Waals surface area (Å²) < 4.78 is 31.8. The third kappa shape index (κ3) is 4.56. The minimum Gasteiger partial charge on any atom is -0.441 e. The second-order valence-electron chi connectivity index (χ2n) is 6.75. The molecule has 8 heteroatoms. The minimum atomic E-state index is -3.40. The average Bonchev–Trinajstić information content (AvgIpc) is 3.30. The number of hydrogen-bond donors (Lipinski definition) is 1. The van der Waals surface area contributed by atoms with Crippen LogP contribution >= 0.6 is 0 Å². The number of carbonyl (C=O) groups excluding carboxylic acids is 1. The quantitative estimate of drug-likeness (QED) is 0.782. The van der Waals surface area contributed by atoms with Gasteiger partial charge in [-0.25, -0.2) is 13.4 Å². The summed E-state index contributed by atoms with van der Waals surface area (Å²) in [6.45, 7) is 4.14. The molecule has 27 heavy (non-hydrogen) atoms. The average molecular weight is 391 g/mol. The number of carbonyl (C=O) groups is 1. The van der Waals surface area contributed by atoms with E-state index < -0.39 is 16.1 Å². The molecule has 1 fully saturated rings. The molecular formula is C19H25N3O4S. The van der Waals surface area contributed by atoms with Crippen LogP contribution in [-0.2, 0) is 14.8 Å². The Balaban J connectivity index is 1.67. The molecule has 0 unspecified atom stereocenters. The highest BCUT2D eigenvalue weighted by atomic mass is 32.2. The van der Waals surface area contributed by atoms with Gasteiger partial charge in [-0.2, -0.15) is 4.31 Å². The Kier molecular flexibility index (Phi) is 5.96. The number of oxazole rings is 1. The zero-order chi connectivity index (χ0) is 19.4. The summed E-state index contributed by atoms with van der Waals surface area (Å²) >= 11 is 0. The van der Waals surface area contributed by atoms with Gasteiger partial charge in [0.1, 0.15) is 6.04 Å². The van der Waals surface area contributed by atoms with Gasteiger partial charge in [0.15, 0.2) is 11.7 Å². The maximum absolute atomic E-state index is 12.7. The Labute approximate surface area is 159 Å². The lowest BCUT2D eigenvalue weighted by Crippen LogP contribution is -2.44. The smallest absolute Gasteiger partial charge is 0.242 e. The molecule has 0 aliphatic carbocycles. The lowest BCUT2D eigenvalue weighted by Gasteiger charge is -2.23. The molecule has 7 nitrogen and oxygen atoms in total. The van der Waals surface area contributed by atoms with Gasteiger partial charge >= 0.3 is 0 Å². The number of hydrogen-bond acceptors (Lipinski definition) is 5. The highest BCUT2D eigenvalue weighted by Crippen LogP contribution is 2.25. The van der Waals surface area contributed by atoms with E-state index in [4.69, 9.17) is 4.42 Å². The first-order valence-electron chi connectivity index (χ1n) is 9.24. The Hall–Kier alpha value is -2.19. The van der Waals surface area contributed by atoms with Crippen molar-refractivity contribution < 1.29 is 17.6 Å². The number of anilines is 1. The summed E-state index contributed by atoms with van der Waals surface area (Å²) in [6.07, 6.45) is 4.32. The van der Waals surface area contributed by atoms with E-state index in [9.17, 15) is 13.2 Å². The van der Waals surface area contributed by atoms with Crippen LogP contribution in [0, 0.1) is 6.92 Å². The molecule has 0 saturated carbocycles. The van der Waals surface area contributed by atoms with Crippen molar-refractivity contribution in [3.63, 3.8) is 0 Å². The zero-order valence-electron chi connectivity index (χ0n) is 15.6. The first-order valence-corrected chi connectivity index (χ1v) is 10.8. The summed E-state index contributed by atoms with van der Waals surface area (Å²) in [5.41, 5.74) is 1.48. The number of nitrogens with zero attached hydrogens (tertiary/aromatic N) is 2. The van der Waals surface area contributed by atoms with Crippen molar-refractivity contribution in [1.29, 1.82) is 0 Å². The molecule has 1 aromatic heterocycles. The second-order valence-corrected chi connectivity index (χ2v) is 8.79. The van der Waals surface area contributed by atoms with Gasteiger partial charge in [0, 0.05) is 24.7 Å². The van der Waals surface area contributed by atoms with E-state index in [2.05, 4.69) is 10.3 Å². The molecule has 1 aliphatic heterocycles. The molecule has 2 aromatic rings. The van der Waals surface area contributed by atoms with E-state index in [1.807, 2.05) is 19.1 Å². The Morgan fingerprint density at radius 1 is 1.33 bits per heavy atom. The summed E-state index contributed by atoms with van der Waals surface area (Å²) in [5.74, 6) is 1.07. The summed E-state index contributed by atoms with van der Waals surface area (Å²) in [5, 5.41) is 2.83. The van der Waals surface area contributed by atoms with Crippen molar-refractivity contribution in [2.45, 2.75) is 45.6 Å². The number of nitrogens with one attached hydrogen (secondary N) is 1. The van der Waals surface area contributed by atoms with Crippen molar-refractivity contribution in [3.05, 3.63) is 36.4 Å². The molecule has 3 rings (SSSR count). The van der Waals surface area contributed by atoms with E-state index in [-0.39, 0.29) is 11.7 Å². The largest absolute Gasteiger partial charge is 0.441 e. The molecule has 1 aromatic carbocycles. The van der Waals surface area contributed by atoms with E-state index >= 15 is 0 Å². The van der Waals surface area contributed by atoms with Gasteiger partial charge in [0.05, 0.1) is 11.9 Å². The van der Waals surface area contributed by atoms with Crippen molar-refractivity contribution in [3.8, 4) is 11.3 Å². The number of rotatable bonds is 7. The van der Waals surface area contributed by atoms with Gasteiger partial charge < -0.3 is 9.73 Å². The lowest BCUT2D eigenvalue weighted by atomic mass is 10.1. The van der Waals surface area contributed by atoms with Crippen LogP contribution < -0.4 is 5.32 Å².